The fraction of sp³-hybridized carbons (Fsp3) is 0.440. The minimum atomic E-state index is -3.64. The molecule has 9 nitrogen and oxygen atoms in total. The summed E-state index contributed by atoms with van der Waals surface area (Å²) >= 11 is 1.31. The zero-order valence-corrected chi connectivity index (χ0v) is 22.4. The van der Waals surface area contributed by atoms with E-state index in [2.05, 4.69) is 39.5 Å². The summed E-state index contributed by atoms with van der Waals surface area (Å²) < 4.78 is 49.5. The first kappa shape index (κ1) is 25.7. The van der Waals surface area contributed by atoms with E-state index in [1.54, 1.807) is 24.4 Å². The van der Waals surface area contributed by atoms with E-state index in [0.717, 1.165) is 37.9 Å². The maximum absolute atomic E-state index is 14.4. The van der Waals surface area contributed by atoms with Crippen LogP contribution >= 0.6 is 11.3 Å². The molecule has 0 radical (unpaired) electrons. The number of hydrogen-bond acceptors (Lipinski definition) is 10. The molecule has 4 aromatic rings. The molecular formula is C25H28FN5O4S2. The number of nitrogens with one attached hydrogen (secondary N) is 1. The van der Waals surface area contributed by atoms with Gasteiger partial charge in [-0.05, 0) is 62.0 Å². The number of hydrogen-bond donors (Lipinski definition) is 1. The zero-order chi connectivity index (χ0) is 26.2. The number of ether oxygens (including phenoxy) is 1. The van der Waals surface area contributed by atoms with E-state index < -0.39 is 15.7 Å². The number of sulfone groups is 1. The maximum atomic E-state index is 14.4. The van der Waals surface area contributed by atoms with E-state index in [-0.39, 0.29) is 10.3 Å². The van der Waals surface area contributed by atoms with Crippen LogP contribution in [-0.2, 0) is 15.3 Å². The van der Waals surface area contributed by atoms with Crippen molar-refractivity contribution < 1.29 is 22.1 Å². The predicted molar refractivity (Wildman–Crippen MR) is 138 cm³/mol. The molecule has 1 fully saturated rings. The van der Waals surface area contributed by atoms with Crippen molar-refractivity contribution in [1.29, 1.82) is 0 Å². The molecule has 0 spiro atoms. The molecule has 1 saturated heterocycles. The Kier molecular flexibility index (Phi) is 6.99. The zero-order valence-electron chi connectivity index (χ0n) is 20.8. The second-order valence-electron chi connectivity index (χ2n) is 9.76. The van der Waals surface area contributed by atoms with E-state index in [1.807, 2.05) is 0 Å². The van der Waals surface area contributed by atoms with Gasteiger partial charge in [0.25, 0.3) is 5.19 Å². The van der Waals surface area contributed by atoms with Gasteiger partial charge in [0.2, 0.25) is 0 Å². The summed E-state index contributed by atoms with van der Waals surface area (Å²) in [6, 6.07) is 7.53. The van der Waals surface area contributed by atoms with Gasteiger partial charge < -0.3 is 14.6 Å². The molecule has 1 N–H and O–H groups in total. The number of fused-ring (bicyclic) bond motifs is 1. The Balaban J connectivity index is 1.34. The number of pyridine rings is 1. The number of thiazole rings is 1. The lowest BCUT2D eigenvalue weighted by Gasteiger charge is -2.44. The molecule has 3 aromatic heterocycles. The van der Waals surface area contributed by atoms with Crippen molar-refractivity contribution in [3.8, 4) is 16.5 Å². The fourth-order valence-electron chi connectivity index (χ4n) is 5.25. The molecule has 1 aliphatic rings. The number of piperidine rings is 1. The van der Waals surface area contributed by atoms with Crippen LogP contribution in [0.2, 0.25) is 0 Å². The lowest BCUT2D eigenvalue weighted by atomic mass is 9.63. The van der Waals surface area contributed by atoms with Crippen LogP contribution in [0.5, 0.6) is 5.19 Å². The summed E-state index contributed by atoms with van der Waals surface area (Å²) in [5.74, 6) is 0.762. The summed E-state index contributed by atoms with van der Waals surface area (Å²) in [7, 11) is -3.64. The molecule has 37 heavy (non-hydrogen) atoms. The second-order valence-corrected chi connectivity index (χ2v) is 12.7. The van der Waals surface area contributed by atoms with Crippen LogP contribution in [-0.4, -0.2) is 54.7 Å². The number of nitrogens with zero attached hydrogens (tertiary/aromatic N) is 4. The van der Waals surface area contributed by atoms with Crippen molar-refractivity contribution in [2.24, 2.45) is 11.8 Å². The van der Waals surface area contributed by atoms with Crippen molar-refractivity contribution in [3.63, 3.8) is 0 Å². The van der Waals surface area contributed by atoms with Gasteiger partial charge in [-0.1, -0.05) is 31.3 Å². The molecule has 1 unspecified atom stereocenters. The standard InChI is InChI=1S/C25H28FN5O4S2/c1-15(2)17-13-27-10-8-25(17,22-14-28-31-35-22)9-11-34-24-30-20-6-5-19(29-23(20)36-24)16-4-7-21(18(26)12-16)37(3,32)33/h4-7,12,14-15,17,27H,8-11,13H2,1-3H3/t17?,25-/m0/s1. The molecule has 1 aromatic carbocycles. The smallest absolute Gasteiger partial charge is 0.275 e. The van der Waals surface area contributed by atoms with Crippen molar-refractivity contribution in [1.82, 2.24) is 25.7 Å². The molecular weight excluding hydrogens is 517 g/mol. The highest BCUT2D eigenvalue weighted by Gasteiger charge is 2.46. The third kappa shape index (κ3) is 5.10. The van der Waals surface area contributed by atoms with Crippen LogP contribution in [0.3, 0.4) is 0 Å². The number of benzene rings is 1. The van der Waals surface area contributed by atoms with Gasteiger partial charge in [0, 0.05) is 22.5 Å². The first-order valence-electron chi connectivity index (χ1n) is 12.1. The lowest BCUT2D eigenvalue weighted by molar-refractivity contribution is 0.0902. The topological polar surface area (TPSA) is 120 Å². The Hall–Kier alpha value is -2.96. The molecule has 12 heteroatoms. The molecule has 1 aliphatic heterocycles. The van der Waals surface area contributed by atoms with Crippen molar-refractivity contribution in [3.05, 3.63) is 48.1 Å². The largest absolute Gasteiger partial charge is 0.470 e. The molecule has 196 valence electrons. The Bertz CT molecular complexity index is 1510. The normalized spacial score (nSPS) is 20.5. The molecule has 0 bridgehead atoms. The van der Waals surface area contributed by atoms with Crippen LogP contribution in [0, 0.1) is 17.7 Å². The Morgan fingerprint density at radius 3 is 2.81 bits per heavy atom. The van der Waals surface area contributed by atoms with Gasteiger partial charge in [0.1, 0.15) is 21.1 Å². The van der Waals surface area contributed by atoms with Crippen LogP contribution < -0.4 is 10.1 Å². The molecule has 5 rings (SSSR count). The maximum Gasteiger partial charge on any atom is 0.275 e. The number of aromatic nitrogens is 4. The SMILES string of the molecule is CC(C)C1CNCC[C@@]1(CCOc1nc2ccc(-c3ccc(S(C)(=O)=O)c(F)c3)nc2s1)c1cnno1. The van der Waals surface area contributed by atoms with Crippen LogP contribution in [0.4, 0.5) is 4.39 Å². The molecule has 0 saturated carbocycles. The van der Waals surface area contributed by atoms with E-state index in [1.165, 1.54) is 23.5 Å². The predicted octanol–water partition coefficient (Wildman–Crippen LogP) is 4.26. The lowest BCUT2D eigenvalue weighted by Crippen LogP contribution is -2.50. The van der Waals surface area contributed by atoms with E-state index in [4.69, 9.17) is 9.26 Å². The summed E-state index contributed by atoms with van der Waals surface area (Å²) in [5.41, 5.74) is 1.45. The highest BCUT2D eigenvalue weighted by molar-refractivity contribution is 7.90. The van der Waals surface area contributed by atoms with Crippen LogP contribution in [0.25, 0.3) is 21.6 Å². The van der Waals surface area contributed by atoms with Gasteiger partial charge in [-0.15, -0.1) is 5.10 Å². The van der Waals surface area contributed by atoms with Crippen LogP contribution in [0.15, 0.2) is 45.9 Å². The van der Waals surface area contributed by atoms with Gasteiger partial charge in [-0.3, -0.25) is 0 Å². The summed E-state index contributed by atoms with van der Waals surface area (Å²) in [4.78, 5) is 9.47. The van der Waals surface area contributed by atoms with Crippen LogP contribution in [0.1, 0.15) is 32.4 Å². The molecule has 0 amide bonds. The summed E-state index contributed by atoms with van der Waals surface area (Å²) in [5, 5.41) is 11.7. The van der Waals surface area contributed by atoms with Gasteiger partial charge in [-0.25, -0.2) is 22.8 Å². The van der Waals surface area contributed by atoms with E-state index >= 15 is 0 Å². The number of halogens is 1. The molecule has 2 atom stereocenters. The Morgan fingerprint density at radius 1 is 1.27 bits per heavy atom. The van der Waals surface area contributed by atoms with Gasteiger partial charge >= 0.3 is 0 Å². The van der Waals surface area contributed by atoms with E-state index in [0.29, 0.717) is 45.2 Å². The molecule has 4 heterocycles. The van der Waals surface area contributed by atoms with Gasteiger partial charge in [0.05, 0.1) is 18.5 Å². The first-order valence-corrected chi connectivity index (χ1v) is 14.8. The highest BCUT2D eigenvalue weighted by atomic mass is 32.2. The summed E-state index contributed by atoms with van der Waals surface area (Å²) in [6.07, 6.45) is 4.33. The average Bonchev–Trinajstić information content (AvgIpc) is 3.53. The Morgan fingerprint density at radius 2 is 2.11 bits per heavy atom. The third-order valence-corrected chi connectivity index (χ3v) is 9.12. The molecule has 0 aliphatic carbocycles. The van der Waals surface area contributed by atoms with Gasteiger partial charge in [-0.2, -0.15) is 0 Å². The Labute approximate surface area is 218 Å². The fourth-order valence-corrected chi connectivity index (χ4v) is 6.79. The van der Waals surface area contributed by atoms with Gasteiger partial charge in [0.15, 0.2) is 15.6 Å². The third-order valence-electron chi connectivity index (χ3n) is 7.12. The minimum Gasteiger partial charge on any atom is -0.470 e. The average molecular weight is 546 g/mol. The number of rotatable bonds is 8. The minimum absolute atomic E-state index is 0.229. The quantitative estimate of drug-likeness (QED) is 0.346. The van der Waals surface area contributed by atoms with Crippen molar-refractivity contribution in [2.75, 3.05) is 26.0 Å². The monoisotopic (exact) mass is 545 g/mol. The van der Waals surface area contributed by atoms with Crippen molar-refractivity contribution in [2.45, 2.75) is 37.0 Å². The second kappa shape index (κ2) is 10.1. The summed E-state index contributed by atoms with van der Waals surface area (Å²) in [6.45, 7) is 6.64. The first-order chi connectivity index (χ1) is 17.7. The van der Waals surface area contributed by atoms with Crippen molar-refractivity contribution >= 4 is 31.5 Å². The van der Waals surface area contributed by atoms with E-state index in [9.17, 15) is 12.8 Å². The highest BCUT2D eigenvalue weighted by Crippen LogP contribution is 2.44.